The molecule has 0 aromatic heterocycles. The number of carbonyl (C=O) groups is 3. The van der Waals surface area contributed by atoms with Crippen LogP contribution < -0.4 is 25.4 Å². The minimum atomic E-state index is -0.513. The van der Waals surface area contributed by atoms with E-state index < -0.39 is 17.8 Å². The average Bonchev–Trinajstić information content (AvgIpc) is 3.25. The van der Waals surface area contributed by atoms with Crippen molar-refractivity contribution < 1.29 is 23.9 Å². The summed E-state index contributed by atoms with van der Waals surface area (Å²) in [6.45, 7) is 5.98. The van der Waals surface area contributed by atoms with E-state index in [-0.39, 0.29) is 5.70 Å². The Labute approximate surface area is 238 Å². The van der Waals surface area contributed by atoms with Gasteiger partial charge < -0.3 is 30.3 Å². The van der Waals surface area contributed by atoms with Crippen LogP contribution in [-0.4, -0.2) is 74.0 Å². The summed E-state index contributed by atoms with van der Waals surface area (Å²) in [4.78, 5) is 42.8. The van der Waals surface area contributed by atoms with Crippen LogP contribution in [0.25, 0.3) is 6.08 Å². The molecule has 10 nitrogen and oxygen atoms in total. The van der Waals surface area contributed by atoms with Gasteiger partial charge in [-0.25, -0.2) is 9.69 Å². The Bertz CT molecular complexity index is 1410. The molecule has 10 heteroatoms. The second-order valence-electron chi connectivity index (χ2n) is 10.0. The molecular weight excluding hydrogens is 522 g/mol. The maximum absolute atomic E-state index is 13.0. The van der Waals surface area contributed by atoms with E-state index in [1.54, 1.807) is 78.9 Å². The molecule has 3 aromatic rings. The Kier molecular flexibility index (Phi) is 8.61. The number of rotatable bonds is 10. The molecule has 0 saturated carbocycles. The van der Waals surface area contributed by atoms with Gasteiger partial charge >= 0.3 is 6.03 Å². The summed E-state index contributed by atoms with van der Waals surface area (Å²) >= 11 is 0. The molecular formula is C31H33N5O5. The molecule has 4 amide bonds. The smallest absolute Gasteiger partial charge is 0.333 e. The van der Waals surface area contributed by atoms with Crippen LogP contribution in [0.1, 0.15) is 22.3 Å². The molecule has 5 rings (SSSR count). The molecule has 3 aromatic carbocycles. The summed E-state index contributed by atoms with van der Waals surface area (Å²) in [5.74, 6) is 0.877. The van der Waals surface area contributed by atoms with Crippen LogP contribution in [-0.2, 0) is 4.79 Å². The number of nitrogens with one attached hydrogen (secondary N) is 1. The molecule has 0 aliphatic carbocycles. The topological polar surface area (TPSA) is 117 Å². The van der Waals surface area contributed by atoms with Crippen molar-refractivity contribution in [3.8, 4) is 17.2 Å². The lowest BCUT2D eigenvalue weighted by atomic mass is 10.1. The molecule has 0 radical (unpaired) electrons. The highest BCUT2D eigenvalue weighted by Gasteiger charge is 2.34. The van der Waals surface area contributed by atoms with Crippen molar-refractivity contribution in [1.82, 2.24) is 15.1 Å². The van der Waals surface area contributed by atoms with E-state index in [1.807, 2.05) is 0 Å². The fourth-order valence-corrected chi connectivity index (χ4v) is 4.63. The number of piperazine rings is 1. The van der Waals surface area contributed by atoms with Crippen LogP contribution in [0.4, 0.5) is 10.5 Å². The van der Waals surface area contributed by atoms with Gasteiger partial charge in [-0.1, -0.05) is 12.1 Å². The number of nitrogens with zero attached hydrogens (tertiary/aromatic N) is 3. The van der Waals surface area contributed by atoms with E-state index in [2.05, 4.69) is 22.2 Å². The largest absolute Gasteiger partial charge is 0.494 e. The van der Waals surface area contributed by atoms with Gasteiger partial charge in [-0.05, 0) is 85.8 Å². The zero-order valence-electron chi connectivity index (χ0n) is 22.9. The number of carbonyl (C=O) groups excluding carboxylic acids is 3. The lowest BCUT2D eigenvalue weighted by Crippen LogP contribution is -2.44. The molecule has 2 saturated heterocycles. The second kappa shape index (κ2) is 12.7. The third-order valence-electron chi connectivity index (χ3n) is 7.02. The maximum Gasteiger partial charge on any atom is 0.333 e. The SMILES string of the molecule is CN1CCN(CCCOc2ccc(N3C(=O)NC(=Cc4ccc(Oc5ccc(C(N)=O)cc5)cc4)C3=O)cc2)CC1. The Balaban J connectivity index is 1.14. The third-order valence-corrected chi connectivity index (χ3v) is 7.02. The molecule has 2 aliphatic heterocycles. The lowest BCUT2D eigenvalue weighted by Gasteiger charge is -2.32. The van der Waals surface area contributed by atoms with Gasteiger partial charge in [-0.3, -0.25) is 9.59 Å². The molecule has 0 bridgehead atoms. The van der Waals surface area contributed by atoms with Gasteiger partial charge in [0, 0.05) is 38.3 Å². The van der Waals surface area contributed by atoms with Crippen LogP contribution in [0.15, 0.2) is 78.5 Å². The molecule has 2 fully saturated rings. The van der Waals surface area contributed by atoms with Crippen molar-refractivity contribution in [3.05, 3.63) is 89.6 Å². The zero-order valence-corrected chi connectivity index (χ0v) is 22.9. The number of likely N-dealkylation sites (N-methyl/N-ethyl adjacent to an activating group) is 1. The van der Waals surface area contributed by atoms with Gasteiger partial charge in [0.1, 0.15) is 22.9 Å². The first-order chi connectivity index (χ1) is 19.9. The summed E-state index contributed by atoms with van der Waals surface area (Å²) in [5.41, 5.74) is 7.02. The van der Waals surface area contributed by atoms with Crippen LogP contribution in [0.3, 0.4) is 0 Å². The van der Waals surface area contributed by atoms with E-state index in [0.29, 0.717) is 40.7 Å². The predicted molar refractivity (Wildman–Crippen MR) is 156 cm³/mol. The number of urea groups is 1. The summed E-state index contributed by atoms with van der Waals surface area (Å²) in [6.07, 6.45) is 2.55. The van der Waals surface area contributed by atoms with E-state index in [0.717, 1.165) is 44.0 Å². The maximum atomic E-state index is 13.0. The quantitative estimate of drug-likeness (QED) is 0.223. The van der Waals surface area contributed by atoms with Crippen molar-refractivity contribution in [2.75, 3.05) is 51.3 Å². The summed E-state index contributed by atoms with van der Waals surface area (Å²) in [5, 5.41) is 2.65. The number of amides is 4. The normalized spacial score (nSPS) is 17.1. The minimum Gasteiger partial charge on any atom is -0.494 e. The lowest BCUT2D eigenvalue weighted by molar-refractivity contribution is -0.113. The molecule has 2 heterocycles. The second-order valence-corrected chi connectivity index (χ2v) is 10.0. The number of imide groups is 1. The number of anilines is 1. The highest BCUT2D eigenvalue weighted by Crippen LogP contribution is 2.26. The van der Waals surface area contributed by atoms with Gasteiger partial charge in [-0.2, -0.15) is 0 Å². The van der Waals surface area contributed by atoms with E-state index in [9.17, 15) is 14.4 Å². The molecule has 0 atom stereocenters. The van der Waals surface area contributed by atoms with Crippen LogP contribution >= 0.6 is 0 Å². The standard InChI is InChI=1S/C31H33N5O5/c1-34-16-18-35(19-17-34)15-2-20-40-25-13-7-24(8-14-25)36-30(38)28(33-31(36)39)21-22-3-9-26(10-4-22)41-27-11-5-23(6-12-27)29(32)37/h3-14,21H,2,15-20H2,1H3,(H2,32,37)(H,33,39). The van der Waals surface area contributed by atoms with E-state index in [4.69, 9.17) is 15.2 Å². The number of benzene rings is 3. The van der Waals surface area contributed by atoms with Crippen LogP contribution in [0.2, 0.25) is 0 Å². The highest BCUT2D eigenvalue weighted by atomic mass is 16.5. The van der Waals surface area contributed by atoms with Crippen molar-refractivity contribution in [2.45, 2.75) is 6.42 Å². The van der Waals surface area contributed by atoms with Crippen molar-refractivity contribution >= 4 is 29.6 Å². The van der Waals surface area contributed by atoms with Crippen molar-refractivity contribution in [3.63, 3.8) is 0 Å². The number of nitrogens with two attached hydrogens (primary N) is 1. The van der Waals surface area contributed by atoms with Crippen LogP contribution in [0.5, 0.6) is 17.2 Å². The Morgan fingerprint density at radius 2 is 1.49 bits per heavy atom. The Hall–Kier alpha value is -4.67. The van der Waals surface area contributed by atoms with Crippen molar-refractivity contribution in [1.29, 1.82) is 0 Å². The van der Waals surface area contributed by atoms with E-state index in [1.165, 1.54) is 0 Å². The summed E-state index contributed by atoms with van der Waals surface area (Å²) < 4.78 is 11.7. The zero-order chi connectivity index (χ0) is 28.8. The number of primary amides is 1. The van der Waals surface area contributed by atoms with Gasteiger partial charge in [0.25, 0.3) is 5.91 Å². The summed E-state index contributed by atoms with van der Waals surface area (Å²) in [7, 11) is 2.15. The van der Waals surface area contributed by atoms with Gasteiger partial charge in [-0.15, -0.1) is 0 Å². The number of ether oxygens (including phenoxy) is 2. The highest BCUT2D eigenvalue weighted by molar-refractivity contribution is 6.28. The monoisotopic (exact) mass is 555 g/mol. The Morgan fingerprint density at radius 3 is 2.12 bits per heavy atom. The molecule has 2 aliphatic rings. The first-order valence-corrected chi connectivity index (χ1v) is 13.5. The third kappa shape index (κ3) is 7.10. The van der Waals surface area contributed by atoms with Crippen molar-refractivity contribution in [2.24, 2.45) is 5.73 Å². The molecule has 0 unspecified atom stereocenters. The average molecular weight is 556 g/mol. The summed E-state index contributed by atoms with van der Waals surface area (Å²) in [6, 6.07) is 20.0. The van der Waals surface area contributed by atoms with Gasteiger partial charge in [0.15, 0.2) is 0 Å². The molecule has 212 valence electrons. The minimum absolute atomic E-state index is 0.176. The molecule has 0 spiro atoms. The van der Waals surface area contributed by atoms with E-state index >= 15 is 0 Å². The fraction of sp³-hybridized carbons (Fsp3) is 0.258. The van der Waals surface area contributed by atoms with Crippen LogP contribution in [0, 0.1) is 0 Å². The van der Waals surface area contributed by atoms with Gasteiger partial charge in [0.2, 0.25) is 5.91 Å². The first kappa shape index (κ1) is 27.9. The number of hydrogen-bond acceptors (Lipinski definition) is 7. The molecule has 41 heavy (non-hydrogen) atoms. The van der Waals surface area contributed by atoms with Gasteiger partial charge in [0.05, 0.1) is 12.3 Å². The predicted octanol–water partition coefficient (Wildman–Crippen LogP) is 3.69. The first-order valence-electron chi connectivity index (χ1n) is 13.5. The number of hydrogen-bond donors (Lipinski definition) is 2. The Morgan fingerprint density at radius 1 is 0.878 bits per heavy atom. The molecule has 3 N–H and O–H groups in total. The fourth-order valence-electron chi connectivity index (χ4n) is 4.63.